The first-order valence-corrected chi connectivity index (χ1v) is 11.0. The van der Waals surface area contributed by atoms with Gasteiger partial charge in [-0.15, -0.1) is 0 Å². The highest BCUT2D eigenvalue weighted by molar-refractivity contribution is 5.67. The second-order valence-electron chi connectivity index (χ2n) is 10.6. The highest BCUT2D eigenvalue weighted by Gasteiger charge is 2.44. The molecular formula is C23H38N4O3. The fraction of sp³-hybridized carbons (Fsp3) is 0.739. The lowest BCUT2D eigenvalue weighted by atomic mass is 9.76. The summed E-state index contributed by atoms with van der Waals surface area (Å²) in [4.78, 5) is 13.6. The molecule has 0 bridgehead atoms. The van der Waals surface area contributed by atoms with Gasteiger partial charge in [0.05, 0.1) is 24.1 Å². The number of hydrogen-bond acceptors (Lipinski definition) is 5. The number of hydrogen-bond donors (Lipinski definition) is 2. The topological polar surface area (TPSA) is 79.5 Å². The quantitative estimate of drug-likeness (QED) is 0.680. The molecule has 1 amide bonds. The van der Waals surface area contributed by atoms with Gasteiger partial charge in [0, 0.05) is 32.2 Å². The second kappa shape index (κ2) is 8.71. The first kappa shape index (κ1) is 22.8. The smallest absolute Gasteiger partial charge is 0.410 e. The molecule has 0 aromatic carbocycles. The number of rotatable bonds is 6. The average Bonchev–Trinajstić information content (AvgIpc) is 3.22. The van der Waals surface area contributed by atoms with Crippen molar-refractivity contribution in [1.82, 2.24) is 20.4 Å². The van der Waals surface area contributed by atoms with Crippen molar-refractivity contribution in [3.8, 4) is 0 Å². The maximum absolute atomic E-state index is 12.0. The van der Waals surface area contributed by atoms with E-state index in [4.69, 9.17) is 9.47 Å². The molecule has 1 aromatic rings. The largest absolute Gasteiger partial charge is 0.444 e. The number of H-pyrrole nitrogens is 1. The molecule has 2 aliphatic rings. The standard InChI is InChI=1S/C23H38N4O3/c1-21(2,3)30-20(28)27(6)12-11-24-13-18-14-25-26-19(18)17-7-9-23(10-8-17)15-22(4,5)16-29-23/h7,14,24H,8-13,15-16H2,1-6H3,(H,25,26). The van der Waals surface area contributed by atoms with Crippen LogP contribution in [0.25, 0.3) is 5.57 Å². The molecule has 1 spiro atoms. The number of amides is 1. The molecule has 0 saturated carbocycles. The SMILES string of the molecule is CN(CCNCc1cn[nH]c1C1=CCC2(CC1)CC(C)(C)CO2)C(=O)OC(C)(C)C. The van der Waals surface area contributed by atoms with Gasteiger partial charge in [-0.05, 0) is 57.4 Å². The van der Waals surface area contributed by atoms with E-state index >= 15 is 0 Å². The highest BCUT2D eigenvalue weighted by Crippen LogP contribution is 2.47. The number of carbonyl (C=O) groups excluding carboxylic acids is 1. The van der Waals surface area contributed by atoms with Crippen LogP contribution in [0.5, 0.6) is 0 Å². The van der Waals surface area contributed by atoms with E-state index in [1.807, 2.05) is 27.0 Å². The minimum Gasteiger partial charge on any atom is -0.444 e. The van der Waals surface area contributed by atoms with E-state index in [0.29, 0.717) is 19.6 Å². The average molecular weight is 419 g/mol. The Morgan fingerprint density at radius 3 is 2.77 bits per heavy atom. The third kappa shape index (κ3) is 5.85. The third-order valence-corrected chi connectivity index (χ3v) is 5.82. The van der Waals surface area contributed by atoms with Crippen molar-refractivity contribution in [2.75, 3.05) is 26.7 Å². The van der Waals surface area contributed by atoms with Crippen molar-refractivity contribution in [3.63, 3.8) is 0 Å². The van der Waals surface area contributed by atoms with Gasteiger partial charge >= 0.3 is 6.09 Å². The van der Waals surface area contributed by atoms with Gasteiger partial charge in [0.2, 0.25) is 0 Å². The number of nitrogens with zero attached hydrogens (tertiary/aromatic N) is 2. The first-order chi connectivity index (χ1) is 14.0. The normalized spacial score (nSPS) is 23.5. The third-order valence-electron chi connectivity index (χ3n) is 5.82. The zero-order chi connectivity index (χ0) is 22.0. The molecule has 2 N–H and O–H groups in total. The minimum atomic E-state index is -0.476. The van der Waals surface area contributed by atoms with Crippen LogP contribution >= 0.6 is 0 Å². The molecule has 1 aliphatic carbocycles. The van der Waals surface area contributed by atoms with Crippen LogP contribution in [-0.4, -0.2) is 59.1 Å². The summed E-state index contributed by atoms with van der Waals surface area (Å²) in [5, 5.41) is 10.9. The maximum atomic E-state index is 12.0. The van der Waals surface area contributed by atoms with Gasteiger partial charge in [-0.25, -0.2) is 4.79 Å². The van der Waals surface area contributed by atoms with Crippen LogP contribution in [0.15, 0.2) is 12.3 Å². The summed E-state index contributed by atoms with van der Waals surface area (Å²) in [5.74, 6) is 0. The van der Waals surface area contributed by atoms with E-state index in [1.54, 1.807) is 11.9 Å². The monoisotopic (exact) mass is 418 g/mol. The fourth-order valence-corrected chi connectivity index (χ4v) is 4.34. The lowest BCUT2D eigenvalue weighted by Gasteiger charge is -2.32. The van der Waals surface area contributed by atoms with E-state index in [9.17, 15) is 4.79 Å². The van der Waals surface area contributed by atoms with Crippen LogP contribution < -0.4 is 5.32 Å². The number of carbonyl (C=O) groups is 1. The number of allylic oxidation sites excluding steroid dienone is 1. The van der Waals surface area contributed by atoms with Gasteiger partial charge in [0.1, 0.15) is 5.60 Å². The van der Waals surface area contributed by atoms with Crippen LogP contribution in [0.1, 0.15) is 71.6 Å². The molecule has 7 heteroatoms. The summed E-state index contributed by atoms with van der Waals surface area (Å²) >= 11 is 0. The maximum Gasteiger partial charge on any atom is 0.410 e. The predicted octanol–water partition coefficient (Wildman–Crippen LogP) is 4.12. The van der Waals surface area contributed by atoms with Crippen LogP contribution in [0.3, 0.4) is 0 Å². The predicted molar refractivity (Wildman–Crippen MR) is 118 cm³/mol. The number of aromatic amines is 1. The van der Waals surface area contributed by atoms with Crippen LogP contribution in [0, 0.1) is 5.41 Å². The Labute approximate surface area is 180 Å². The van der Waals surface area contributed by atoms with Crippen molar-refractivity contribution in [2.24, 2.45) is 5.41 Å². The van der Waals surface area contributed by atoms with Crippen LogP contribution in [-0.2, 0) is 16.0 Å². The Morgan fingerprint density at radius 1 is 1.40 bits per heavy atom. The number of nitrogens with one attached hydrogen (secondary N) is 2. The van der Waals surface area contributed by atoms with Gasteiger partial charge in [0.25, 0.3) is 0 Å². The molecule has 168 valence electrons. The second-order valence-corrected chi connectivity index (χ2v) is 10.6. The van der Waals surface area contributed by atoms with Crippen molar-refractivity contribution < 1.29 is 14.3 Å². The Hall–Kier alpha value is -1.86. The Balaban J connectivity index is 1.48. The van der Waals surface area contributed by atoms with E-state index in [0.717, 1.165) is 43.5 Å². The molecule has 7 nitrogen and oxygen atoms in total. The number of aromatic nitrogens is 2. The summed E-state index contributed by atoms with van der Waals surface area (Å²) in [7, 11) is 1.76. The molecule has 2 heterocycles. The van der Waals surface area contributed by atoms with E-state index in [-0.39, 0.29) is 17.1 Å². The van der Waals surface area contributed by atoms with Crippen molar-refractivity contribution in [3.05, 3.63) is 23.5 Å². The Bertz CT molecular complexity index is 778. The molecule has 0 radical (unpaired) electrons. The minimum absolute atomic E-state index is 0.0255. The Kier molecular flexibility index (Phi) is 6.63. The Morgan fingerprint density at radius 2 is 2.17 bits per heavy atom. The van der Waals surface area contributed by atoms with Crippen molar-refractivity contribution in [1.29, 1.82) is 0 Å². The van der Waals surface area contributed by atoms with Gasteiger partial charge in [-0.1, -0.05) is 19.9 Å². The molecule has 1 fully saturated rings. The molecule has 1 aromatic heterocycles. The fourth-order valence-electron chi connectivity index (χ4n) is 4.34. The molecule has 1 atom stereocenters. The summed E-state index contributed by atoms with van der Waals surface area (Å²) < 4.78 is 11.6. The molecule has 1 aliphatic heterocycles. The molecule has 1 saturated heterocycles. The number of likely N-dealkylation sites (N-methyl/N-ethyl adjacent to an activating group) is 1. The van der Waals surface area contributed by atoms with E-state index < -0.39 is 5.60 Å². The van der Waals surface area contributed by atoms with Crippen molar-refractivity contribution >= 4 is 11.7 Å². The van der Waals surface area contributed by atoms with Crippen molar-refractivity contribution in [2.45, 2.75) is 78.0 Å². The molecule has 30 heavy (non-hydrogen) atoms. The lowest BCUT2D eigenvalue weighted by molar-refractivity contribution is -0.00368. The highest BCUT2D eigenvalue weighted by atomic mass is 16.6. The zero-order valence-electron chi connectivity index (χ0n) is 19.4. The summed E-state index contributed by atoms with van der Waals surface area (Å²) in [6.45, 7) is 13.0. The number of ether oxygens (including phenoxy) is 2. The molecular weight excluding hydrogens is 380 g/mol. The first-order valence-electron chi connectivity index (χ1n) is 11.0. The molecule has 1 unspecified atom stereocenters. The van der Waals surface area contributed by atoms with E-state index in [1.165, 1.54) is 5.57 Å². The zero-order valence-corrected chi connectivity index (χ0v) is 19.4. The summed E-state index contributed by atoms with van der Waals surface area (Å²) in [6.07, 6.45) is 8.09. The summed E-state index contributed by atoms with van der Waals surface area (Å²) in [6, 6.07) is 0. The van der Waals surface area contributed by atoms with E-state index in [2.05, 4.69) is 35.4 Å². The summed E-state index contributed by atoms with van der Waals surface area (Å²) in [5.41, 5.74) is 3.43. The van der Waals surface area contributed by atoms with Gasteiger partial charge in [-0.2, -0.15) is 5.10 Å². The van der Waals surface area contributed by atoms with Gasteiger partial charge in [-0.3, -0.25) is 5.10 Å². The molecule has 3 rings (SSSR count). The van der Waals surface area contributed by atoms with Gasteiger partial charge < -0.3 is 19.7 Å². The van der Waals surface area contributed by atoms with Crippen LogP contribution in [0.2, 0.25) is 0 Å². The lowest BCUT2D eigenvalue weighted by Crippen LogP contribution is -2.37. The van der Waals surface area contributed by atoms with Crippen LogP contribution in [0.4, 0.5) is 4.79 Å². The van der Waals surface area contributed by atoms with Gasteiger partial charge in [0.15, 0.2) is 0 Å².